The van der Waals surface area contributed by atoms with Crippen LogP contribution in [0.3, 0.4) is 0 Å². The highest BCUT2D eigenvalue weighted by Gasteiger charge is 2.27. The molecule has 2 heterocycles. The van der Waals surface area contributed by atoms with Crippen LogP contribution in [0.25, 0.3) is 5.57 Å². The van der Waals surface area contributed by atoms with Gasteiger partial charge in [-0.2, -0.15) is 0 Å². The van der Waals surface area contributed by atoms with Gasteiger partial charge in [0.05, 0.1) is 6.61 Å². The molecule has 0 bridgehead atoms. The zero-order valence-corrected chi connectivity index (χ0v) is 15.8. The number of allylic oxidation sites excluding steroid dienone is 1. The smallest absolute Gasteiger partial charge is 0.132 e. The largest absolute Gasteiger partial charge is 0.492 e. The van der Waals surface area contributed by atoms with Crippen molar-refractivity contribution in [2.24, 2.45) is 5.92 Å². The van der Waals surface area contributed by atoms with E-state index in [4.69, 9.17) is 10.1 Å². The zero-order valence-electron chi connectivity index (χ0n) is 15.8. The van der Waals surface area contributed by atoms with E-state index in [2.05, 4.69) is 41.6 Å². The topological polar surface area (TPSA) is 60.4 Å². The van der Waals surface area contributed by atoms with Crippen LogP contribution in [0.5, 0.6) is 5.75 Å². The SMILES string of the molecule is CC1CCc2c(ccc(/C(C=N)=C/NC3CC3)c2OCC2CNC2)N1C. The standard InChI is InChI=1S/C21H30N4O/c1-14-3-6-19-20(25(14)2)8-7-18(16(9-22)12-24-17-4-5-17)21(19)26-13-15-10-23-11-15/h7-9,12,14-15,17,22-24H,3-6,10-11,13H2,1-2H3/b16-12+,22-9?. The van der Waals surface area contributed by atoms with E-state index >= 15 is 0 Å². The number of hydrogen-bond donors (Lipinski definition) is 3. The molecule has 0 spiro atoms. The summed E-state index contributed by atoms with van der Waals surface area (Å²) in [5, 5.41) is 14.7. The molecule has 2 aliphatic heterocycles. The summed E-state index contributed by atoms with van der Waals surface area (Å²) in [5.74, 6) is 1.58. The van der Waals surface area contributed by atoms with E-state index in [0.717, 1.165) is 49.4 Å². The van der Waals surface area contributed by atoms with Gasteiger partial charge in [-0.25, -0.2) is 0 Å². The van der Waals surface area contributed by atoms with Gasteiger partial charge >= 0.3 is 0 Å². The number of nitrogens with one attached hydrogen (secondary N) is 3. The minimum absolute atomic E-state index is 0.548. The van der Waals surface area contributed by atoms with Crippen molar-refractivity contribution in [1.82, 2.24) is 10.6 Å². The Bertz CT molecular complexity index is 706. The summed E-state index contributed by atoms with van der Waals surface area (Å²) in [7, 11) is 2.17. The average Bonchev–Trinajstić information content (AvgIpc) is 3.42. The Balaban J connectivity index is 1.68. The lowest BCUT2D eigenvalue weighted by Crippen LogP contribution is -2.45. The second-order valence-electron chi connectivity index (χ2n) is 7.96. The number of anilines is 1. The highest BCUT2D eigenvalue weighted by atomic mass is 16.5. The molecule has 1 unspecified atom stereocenters. The molecule has 1 aromatic rings. The van der Waals surface area contributed by atoms with E-state index in [1.54, 1.807) is 0 Å². The Morgan fingerprint density at radius 2 is 2.15 bits per heavy atom. The van der Waals surface area contributed by atoms with Crippen LogP contribution in [-0.2, 0) is 6.42 Å². The van der Waals surface area contributed by atoms with Crippen LogP contribution in [0.2, 0.25) is 0 Å². The predicted molar refractivity (Wildman–Crippen MR) is 107 cm³/mol. The average molecular weight is 354 g/mol. The third-order valence-electron chi connectivity index (χ3n) is 5.94. The summed E-state index contributed by atoms with van der Waals surface area (Å²) in [6.07, 6.45) is 8.08. The second-order valence-corrected chi connectivity index (χ2v) is 7.96. The van der Waals surface area contributed by atoms with Gasteiger partial charge in [0.15, 0.2) is 0 Å². The molecule has 0 amide bonds. The monoisotopic (exact) mass is 354 g/mol. The number of benzene rings is 1. The van der Waals surface area contributed by atoms with Gasteiger partial charge in [-0.1, -0.05) is 0 Å². The van der Waals surface area contributed by atoms with E-state index < -0.39 is 0 Å². The van der Waals surface area contributed by atoms with Crippen LogP contribution in [0, 0.1) is 11.3 Å². The van der Waals surface area contributed by atoms with Crippen molar-refractivity contribution < 1.29 is 4.74 Å². The van der Waals surface area contributed by atoms with Gasteiger partial charge in [0.25, 0.3) is 0 Å². The van der Waals surface area contributed by atoms with Crippen LogP contribution in [-0.4, -0.2) is 45.0 Å². The first-order valence-electron chi connectivity index (χ1n) is 9.86. The Morgan fingerprint density at radius 1 is 1.35 bits per heavy atom. The van der Waals surface area contributed by atoms with Crippen molar-refractivity contribution in [1.29, 1.82) is 5.41 Å². The van der Waals surface area contributed by atoms with Crippen molar-refractivity contribution in [2.45, 2.75) is 44.7 Å². The Hall–Kier alpha value is -2.01. The van der Waals surface area contributed by atoms with Crippen LogP contribution in [0.15, 0.2) is 18.3 Å². The molecule has 3 N–H and O–H groups in total. The van der Waals surface area contributed by atoms with Crippen molar-refractivity contribution in [2.75, 3.05) is 31.6 Å². The Kier molecular flexibility index (Phi) is 4.90. The first-order chi connectivity index (χ1) is 12.7. The predicted octanol–water partition coefficient (Wildman–Crippen LogP) is 2.80. The fraction of sp³-hybridized carbons (Fsp3) is 0.571. The summed E-state index contributed by atoms with van der Waals surface area (Å²) in [6.45, 7) is 5.10. The molecule has 3 aliphatic rings. The van der Waals surface area contributed by atoms with Gasteiger partial charge in [-0.15, -0.1) is 0 Å². The van der Waals surface area contributed by atoms with Crippen molar-refractivity contribution in [3.8, 4) is 5.75 Å². The number of fused-ring (bicyclic) bond motifs is 1. The molecular formula is C21H30N4O. The molecule has 0 aromatic heterocycles. The Morgan fingerprint density at radius 3 is 2.81 bits per heavy atom. The summed E-state index contributed by atoms with van der Waals surface area (Å²) < 4.78 is 6.39. The lowest BCUT2D eigenvalue weighted by molar-refractivity contribution is 0.197. The quantitative estimate of drug-likeness (QED) is 0.659. The van der Waals surface area contributed by atoms with Gasteiger partial charge < -0.3 is 25.7 Å². The fourth-order valence-corrected chi connectivity index (χ4v) is 3.69. The highest BCUT2D eigenvalue weighted by molar-refractivity contribution is 6.09. The molecule has 1 aromatic carbocycles. The van der Waals surface area contributed by atoms with Crippen LogP contribution in [0.1, 0.15) is 37.3 Å². The zero-order chi connectivity index (χ0) is 18.1. The maximum absolute atomic E-state index is 7.93. The molecule has 26 heavy (non-hydrogen) atoms. The van der Waals surface area contributed by atoms with Gasteiger partial charge in [0.2, 0.25) is 0 Å². The van der Waals surface area contributed by atoms with Gasteiger partial charge in [-0.3, -0.25) is 0 Å². The highest BCUT2D eigenvalue weighted by Crippen LogP contribution is 2.40. The van der Waals surface area contributed by atoms with E-state index in [1.807, 2.05) is 6.20 Å². The molecule has 1 atom stereocenters. The maximum Gasteiger partial charge on any atom is 0.132 e. The second kappa shape index (κ2) is 7.31. The molecule has 1 aliphatic carbocycles. The lowest BCUT2D eigenvalue weighted by atomic mass is 9.92. The number of nitrogens with zero attached hydrogens (tertiary/aromatic N) is 1. The number of hydrogen-bond acceptors (Lipinski definition) is 5. The summed E-state index contributed by atoms with van der Waals surface area (Å²) in [5.41, 5.74) is 4.52. The first-order valence-corrected chi connectivity index (χ1v) is 9.86. The molecule has 4 rings (SSSR count). The molecule has 5 nitrogen and oxygen atoms in total. The summed E-state index contributed by atoms with van der Waals surface area (Å²) in [6, 6.07) is 5.46. The van der Waals surface area contributed by atoms with Gasteiger partial charge in [-0.05, 0) is 44.7 Å². The van der Waals surface area contributed by atoms with Crippen LogP contribution >= 0.6 is 0 Å². The molecule has 1 saturated carbocycles. The summed E-state index contributed by atoms with van der Waals surface area (Å²) >= 11 is 0. The third kappa shape index (κ3) is 3.45. The molecule has 1 saturated heterocycles. The lowest BCUT2D eigenvalue weighted by Gasteiger charge is -2.36. The molecule has 140 valence electrons. The van der Waals surface area contributed by atoms with Crippen molar-refractivity contribution in [3.05, 3.63) is 29.5 Å². The van der Waals surface area contributed by atoms with Crippen LogP contribution in [0.4, 0.5) is 5.69 Å². The van der Waals surface area contributed by atoms with E-state index in [9.17, 15) is 0 Å². The fourth-order valence-electron chi connectivity index (χ4n) is 3.69. The van der Waals surface area contributed by atoms with E-state index in [-0.39, 0.29) is 0 Å². The molecular weight excluding hydrogens is 324 g/mol. The number of rotatable bonds is 7. The third-order valence-corrected chi connectivity index (χ3v) is 5.94. The molecule has 5 heteroatoms. The molecule has 0 radical (unpaired) electrons. The van der Waals surface area contributed by atoms with Crippen molar-refractivity contribution in [3.63, 3.8) is 0 Å². The molecule has 2 fully saturated rings. The first kappa shape index (κ1) is 17.4. The minimum atomic E-state index is 0.548. The van der Waals surface area contributed by atoms with E-state index in [0.29, 0.717) is 18.0 Å². The van der Waals surface area contributed by atoms with Crippen molar-refractivity contribution >= 4 is 17.5 Å². The van der Waals surface area contributed by atoms with Crippen LogP contribution < -0.4 is 20.3 Å². The van der Waals surface area contributed by atoms with Gasteiger partial charge in [0.1, 0.15) is 5.75 Å². The van der Waals surface area contributed by atoms with E-state index in [1.165, 1.54) is 30.3 Å². The Labute approximate surface area is 156 Å². The summed E-state index contributed by atoms with van der Waals surface area (Å²) in [4.78, 5) is 2.36. The van der Waals surface area contributed by atoms with Gasteiger partial charge in [0, 0.05) is 72.9 Å². The minimum Gasteiger partial charge on any atom is -0.492 e. The normalized spacial score (nSPS) is 23.2. The maximum atomic E-state index is 7.93. The number of ether oxygens (including phenoxy) is 1.